The Hall–Kier alpha value is -4.43. The van der Waals surface area contributed by atoms with Gasteiger partial charge in [0, 0.05) is 11.8 Å². The molecule has 0 atom stereocenters. The molecule has 2 heterocycles. The third kappa shape index (κ3) is 12.0. The van der Waals surface area contributed by atoms with E-state index in [-0.39, 0.29) is 48.1 Å². The SMILES string of the molecule is CC(C)(C)OC(=O)Nc1ccc(F)cc1NC(=O)CCCOc1ccc(CC(=O)Nc2ncc(SCc3ncc(C(C)(C)C)o3)s2)cc1. The number of thiazole rings is 1. The average Bonchev–Trinajstić information content (AvgIpc) is 3.65. The van der Waals surface area contributed by atoms with Crippen LogP contribution in [0, 0.1) is 5.82 Å². The molecule has 2 aromatic heterocycles. The molecule has 0 spiro atoms. The third-order valence-corrected chi connectivity index (χ3v) is 8.45. The molecule has 0 aliphatic rings. The molecule has 0 saturated carbocycles. The first-order chi connectivity index (χ1) is 22.6. The average molecular weight is 698 g/mol. The minimum atomic E-state index is -0.720. The lowest BCUT2D eigenvalue weighted by Crippen LogP contribution is -2.27. The summed E-state index contributed by atoms with van der Waals surface area (Å²) in [5.41, 5.74) is 0.323. The van der Waals surface area contributed by atoms with E-state index in [2.05, 4.69) is 46.7 Å². The highest BCUT2D eigenvalue weighted by Crippen LogP contribution is 2.32. The maximum absolute atomic E-state index is 13.9. The summed E-state index contributed by atoms with van der Waals surface area (Å²) in [6.07, 6.45) is 3.43. The molecule has 4 aromatic rings. The number of oxazole rings is 1. The first kappa shape index (κ1) is 36.4. The van der Waals surface area contributed by atoms with E-state index in [9.17, 15) is 18.8 Å². The normalized spacial score (nSPS) is 11.6. The van der Waals surface area contributed by atoms with Gasteiger partial charge in [0.05, 0.1) is 46.8 Å². The number of hydrogen-bond donors (Lipinski definition) is 3. The summed E-state index contributed by atoms with van der Waals surface area (Å²) in [5, 5.41) is 8.51. The summed E-state index contributed by atoms with van der Waals surface area (Å²) < 4.78 is 31.6. The summed E-state index contributed by atoms with van der Waals surface area (Å²) in [7, 11) is 0. The molecule has 2 aromatic carbocycles. The largest absolute Gasteiger partial charge is 0.494 e. The lowest BCUT2D eigenvalue weighted by atomic mass is 9.94. The number of aromatic nitrogens is 2. The van der Waals surface area contributed by atoms with Gasteiger partial charge in [-0.05, 0) is 63.1 Å². The van der Waals surface area contributed by atoms with Crippen molar-refractivity contribution in [2.45, 2.75) is 81.8 Å². The van der Waals surface area contributed by atoms with E-state index in [1.54, 1.807) is 69.2 Å². The number of carbonyl (C=O) groups excluding carboxylic acids is 3. The van der Waals surface area contributed by atoms with E-state index in [1.165, 1.54) is 23.5 Å². The van der Waals surface area contributed by atoms with Crippen LogP contribution in [0.25, 0.3) is 0 Å². The zero-order valence-corrected chi connectivity index (χ0v) is 29.4. The molecule has 48 heavy (non-hydrogen) atoms. The third-order valence-electron chi connectivity index (χ3n) is 6.36. The Morgan fingerprint density at radius 3 is 2.35 bits per heavy atom. The van der Waals surface area contributed by atoms with Crippen molar-refractivity contribution in [3.05, 3.63) is 77.9 Å². The van der Waals surface area contributed by atoms with E-state index in [4.69, 9.17) is 13.9 Å². The Kier molecular flexibility index (Phi) is 12.2. The van der Waals surface area contributed by atoms with Crippen molar-refractivity contribution >= 4 is 57.5 Å². The van der Waals surface area contributed by atoms with Crippen molar-refractivity contribution in [2.24, 2.45) is 0 Å². The Morgan fingerprint density at radius 2 is 1.67 bits per heavy atom. The number of benzene rings is 2. The molecule has 0 aliphatic heterocycles. The number of halogens is 1. The van der Waals surface area contributed by atoms with Crippen LogP contribution >= 0.6 is 23.1 Å². The van der Waals surface area contributed by atoms with Gasteiger partial charge in [0.2, 0.25) is 17.7 Å². The van der Waals surface area contributed by atoms with Crippen LogP contribution < -0.4 is 20.7 Å². The number of carbonyl (C=O) groups is 3. The minimum absolute atomic E-state index is 0.101. The topological polar surface area (TPSA) is 145 Å². The van der Waals surface area contributed by atoms with Gasteiger partial charge in [-0.1, -0.05) is 44.2 Å². The van der Waals surface area contributed by atoms with E-state index in [0.717, 1.165) is 21.6 Å². The standard InChI is InChI=1S/C34H40FN5O6S2/c1-33(2,3)26-18-36-29(45-26)20-47-30-19-37-31(48-30)40-28(42)16-21-9-12-23(13-10-21)44-15-7-8-27(41)38-25-17-22(35)11-14-24(25)39-32(43)46-34(4,5)6/h9-14,17-19H,7-8,15-16,20H2,1-6H3,(H,38,41)(H,39,43)(H,37,40,42). The molecule has 3 N–H and O–H groups in total. The van der Waals surface area contributed by atoms with Gasteiger partial charge in [-0.3, -0.25) is 14.9 Å². The number of hydrogen-bond acceptors (Lipinski definition) is 10. The lowest BCUT2D eigenvalue weighted by Gasteiger charge is -2.20. The maximum atomic E-state index is 13.9. The Balaban J connectivity index is 1.16. The summed E-state index contributed by atoms with van der Waals surface area (Å²) in [4.78, 5) is 45.9. The van der Waals surface area contributed by atoms with Gasteiger partial charge in [-0.15, -0.1) is 11.8 Å². The number of thioether (sulfide) groups is 1. The van der Waals surface area contributed by atoms with Crippen LogP contribution in [0.1, 0.15) is 71.6 Å². The summed E-state index contributed by atoms with van der Waals surface area (Å²) >= 11 is 2.93. The van der Waals surface area contributed by atoms with E-state index in [0.29, 0.717) is 28.9 Å². The van der Waals surface area contributed by atoms with Gasteiger partial charge < -0.3 is 24.5 Å². The number of nitrogens with one attached hydrogen (secondary N) is 3. The Morgan fingerprint density at radius 1 is 0.917 bits per heavy atom. The van der Waals surface area contributed by atoms with Crippen LogP contribution in [0.15, 0.2) is 63.5 Å². The molecule has 0 fully saturated rings. The zero-order chi connectivity index (χ0) is 34.9. The van der Waals surface area contributed by atoms with Crippen molar-refractivity contribution in [1.29, 1.82) is 0 Å². The molecule has 256 valence electrons. The Bertz CT molecular complexity index is 1710. The summed E-state index contributed by atoms with van der Waals surface area (Å²) in [5.74, 6) is 1.52. The quantitative estimate of drug-likeness (QED) is 0.0930. The highest BCUT2D eigenvalue weighted by molar-refractivity contribution is 8.00. The molecule has 11 nitrogen and oxygen atoms in total. The second-order valence-electron chi connectivity index (χ2n) is 12.8. The highest BCUT2D eigenvalue weighted by atomic mass is 32.2. The molecule has 0 bridgehead atoms. The van der Waals surface area contributed by atoms with Crippen LogP contribution in [-0.4, -0.2) is 40.1 Å². The van der Waals surface area contributed by atoms with Crippen LogP contribution in [0.4, 0.5) is 25.7 Å². The van der Waals surface area contributed by atoms with Gasteiger partial charge in [0.25, 0.3) is 0 Å². The van der Waals surface area contributed by atoms with Gasteiger partial charge in [-0.2, -0.15) is 0 Å². The van der Waals surface area contributed by atoms with Crippen LogP contribution in [0.5, 0.6) is 5.75 Å². The molecule has 0 unspecified atom stereocenters. The minimum Gasteiger partial charge on any atom is -0.494 e. The predicted octanol–water partition coefficient (Wildman–Crippen LogP) is 8.19. The number of ether oxygens (including phenoxy) is 2. The molecule has 0 aliphatic carbocycles. The lowest BCUT2D eigenvalue weighted by molar-refractivity contribution is -0.116. The molecular weight excluding hydrogens is 658 g/mol. The van der Waals surface area contributed by atoms with E-state index >= 15 is 0 Å². The fourth-order valence-electron chi connectivity index (χ4n) is 4.07. The van der Waals surface area contributed by atoms with Gasteiger partial charge in [0.1, 0.15) is 22.9 Å². The molecule has 0 saturated heterocycles. The van der Waals surface area contributed by atoms with Crippen LogP contribution in [0.2, 0.25) is 0 Å². The summed E-state index contributed by atoms with van der Waals surface area (Å²) in [6.45, 7) is 11.6. The molecule has 3 amide bonds. The zero-order valence-electron chi connectivity index (χ0n) is 27.8. The second kappa shape index (κ2) is 16.1. The molecule has 4 rings (SSSR count). The smallest absolute Gasteiger partial charge is 0.412 e. The van der Waals surface area contributed by atoms with Crippen molar-refractivity contribution in [3.8, 4) is 5.75 Å². The second-order valence-corrected chi connectivity index (χ2v) is 15.1. The summed E-state index contributed by atoms with van der Waals surface area (Å²) in [6, 6.07) is 10.8. The van der Waals surface area contributed by atoms with Gasteiger partial charge >= 0.3 is 6.09 Å². The monoisotopic (exact) mass is 697 g/mol. The van der Waals surface area contributed by atoms with E-state index < -0.39 is 17.5 Å². The van der Waals surface area contributed by atoms with Gasteiger partial charge in [0.15, 0.2) is 5.13 Å². The highest BCUT2D eigenvalue weighted by Gasteiger charge is 2.20. The van der Waals surface area contributed by atoms with Crippen molar-refractivity contribution in [1.82, 2.24) is 9.97 Å². The number of rotatable bonds is 13. The maximum Gasteiger partial charge on any atom is 0.412 e. The molecular formula is C34H40FN5O6S2. The van der Waals surface area contributed by atoms with Crippen molar-refractivity contribution < 1.29 is 32.7 Å². The number of nitrogens with zero attached hydrogens (tertiary/aromatic N) is 2. The van der Waals surface area contributed by atoms with Crippen LogP contribution in [0.3, 0.4) is 0 Å². The number of anilines is 3. The fourth-order valence-corrected chi connectivity index (χ4v) is 5.81. The first-order valence-electron chi connectivity index (χ1n) is 15.3. The van der Waals surface area contributed by atoms with Crippen molar-refractivity contribution in [3.63, 3.8) is 0 Å². The predicted molar refractivity (Wildman–Crippen MR) is 185 cm³/mol. The Labute approximate surface area is 287 Å². The van der Waals surface area contributed by atoms with Crippen molar-refractivity contribution in [2.75, 3.05) is 22.6 Å². The molecule has 0 radical (unpaired) electrons. The number of amides is 3. The molecule has 14 heteroatoms. The van der Waals surface area contributed by atoms with Gasteiger partial charge in [-0.25, -0.2) is 19.2 Å². The fraction of sp³-hybridized carbons (Fsp3) is 0.382. The van der Waals surface area contributed by atoms with Crippen LogP contribution in [-0.2, 0) is 31.9 Å². The first-order valence-corrected chi connectivity index (χ1v) is 17.1. The van der Waals surface area contributed by atoms with E-state index in [1.807, 2.05) is 0 Å².